The molecule has 1 aromatic heterocycles. The van der Waals surface area contributed by atoms with Crippen LogP contribution in [0.3, 0.4) is 0 Å². The predicted molar refractivity (Wildman–Crippen MR) is 36.8 cm³/mol. The highest BCUT2D eigenvalue weighted by molar-refractivity contribution is 5.81. The van der Waals surface area contributed by atoms with Crippen LogP contribution in [-0.4, -0.2) is 34.9 Å². The summed E-state index contributed by atoms with van der Waals surface area (Å²) >= 11 is 0. The molecule has 0 aliphatic rings. The third kappa shape index (κ3) is 2.03. The van der Waals surface area contributed by atoms with Crippen LogP contribution in [0.1, 0.15) is 16.5 Å². The molecule has 66 valence electrons. The summed E-state index contributed by atoms with van der Waals surface area (Å²) in [5.74, 6) is -1.26. The monoisotopic (exact) mass is 172 g/mol. The first-order chi connectivity index (χ1) is 5.74. The smallest absolute Gasteiger partial charge is 0.394 e. The summed E-state index contributed by atoms with van der Waals surface area (Å²) < 4.78 is 9.15. The van der Waals surface area contributed by atoms with Gasteiger partial charge in [-0.3, -0.25) is 0 Å². The Labute approximate surface area is 68.1 Å². The highest BCUT2D eigenvalue weighted by Gasteiger charge is 2.12. The van der Waals surface area contributed by atoms with Gasteiger partial charge in [-0.25, -0.2) is 4.79 Å². The van der Waals surface area contributed by atoms with Crippen LogP contribution < -0.4 is 0 Å². The molecule has 0 saturated carbocycles. The van der Waals surface area contributed by atoms with Gasteiger partial charge in [-0.05, 0) is 0 Å². The summed E-state index contributed by atoms with van der Waals surface area (Å²) in [4.78, 5) is 13.9. The molecule has 1 aromatic rings. The lowest BCUT2D eigenvalue weighted by molar-refractivity contribution is 0.0643. The maximum absolute atomic E-state index is 10.3. The predicted octanol–water partition coefficient (Wildman–Crippen LogP) is -0.0433. The first kappa shape index (κ1) is 8.66. The number of hydrogen-bond acceptors (Lipinski definition) is 5. The highest BCUT2D eigenvalue weighted by Crippen LogP contribution is 1.97. The van der Waals surface area contributed by atoms with E-state index in [1.807, 2.05) is 0 Å². The molecule has 1 rings (SSSR count). The average Bonchev–Trinajstić information content (AvgIpc) is 2.48. The third-order valence-corrected chi connectivity index (χ3v) is 1.18. The lowest BCUT2D eigenvalue weighted by atomic mass is 10.4. The van der Waals surface area contributed by atoms with Crippen LogP contribution in [0.15, 0.2) is 4.52 Å². The van der Waals surface area contributed by atoms with Gasteiger partial charge < -0.3 is 14.4 Å². The van der Waals surface area contributed by atoms with E-state index < -0.39 is 5.97 Å². The van der Waals surface area contributed by atoms with Crippen molar-refractivity contribution in [3.05, 3.63) is 11.7 Å². The number of carbonyl (C=O) groups is 1. The van der Waals surface area contributed by atoms with Gasteiger partial charge >= 0.3 is 11.9 Å². The molecule has 0 unspecified atom stereocenters. The number of ether oxygens (including phenoxy) is 1. The first-order valence-electron chi connectivity index (χ1n) is 3.29. The molecule has 0 aliphatic heterocycles. The molecule has 0 bridgehead atoms. The quantitative estimate of drug-likeness (QED) is 0.685. The van der Waals surface area contributed by atoms with Gasteiger partial charge in [-0.15, -0.1) is 0 Å². The van der Waals surface area contributed by atoms with E-state index in [9.17, 15) is 4.79 Å². The van der Waals surface area contributed by atoms with E-state index in [-0.39, 0.29) is 5.89 Å². The minimum absolute atomic E-state index is 0.342. The molecule has 12 heavy (non-hydrogen) atoms. The Hall–Kier alpha value is -1.43. The molecule has 0 amide bonds. The van der Waals surface area contributed by atoms with Gasteiger partial charge in [0.2, 0.25) is 0 Å². The van der Waals surface area contributed by atoms with Gasteiger partial charge in [0.15, 0.2) is 5.82 Å². The van der Waals surface area contributed by atoms with Crippen LogP contribution in [-0.2, 0) is 11.2 Å². The van der Waals surface area contributed by atoms with E-state index in [0.717, 1.165) is 0 Å². The molecule has 0 saturated heterocycles. The normalized spacial score (nSPS) is 10.1. The summed E-state index contributed by atoms with van der Waals surface area (Å²) in [6.45, 7) is 0.443. The number of aromatic carboxylic acids is 1. The molecular weight excluding hydrogens is 164 g/mol. The average molecular weight is 172 g/mol. The van der Waals surface area contributed by atoms with Crippen molar-refractivity contribution >= 4 is 5.97 Å². The van der Waals surface area contributed by atoms with Crippen molar-refractivity contribution in [1.82, 2.24) is 10.1 Å². The fraction of sp³-hybridized carbons (Fsp3) is 0.500. The van der Waals surface area contributed by atoms with Crippen molar-refractivity contribution < 1.29 is 19.2 Å². The zero-order valence-electron chi connectivity index (χ0n) is 6.48. The Kier molecular flexibility index (Phi) is 2.76. The van der Waals surface area contributed by atoms with Crippen LogP contribution >= 0.6 is 0 Å². The first-order valence-corrected chi connectivity index (χ1v) is 3.29. The number of rotatable bonds is 4. The van der Waals surface area contributed by atoms with E-state index in [2.05, 4.69) is 14.7 Å². The van der Waals surface area contributed by atoms with E-state index in [0.29, 0.717) is 18.9 Å². The molecule has 6 heteroatoms. The number of aromatic nitrogens is 2. The van der Waals surface area contributed by atoms with Gasteiger partial charge in [0.1, 0.15) is 0 Å². The maximum Gasteiger partial charge on any atom is 0.394 e. The lowest BCUT2D eigenvalue weighted by Gasteiger charge is -1.89. The van der Waals surface area contributed by atoms with Gasteiger partial charge in [0.05, 0.1) is 6.61 Å². The number of carboxylic acid groups (broad SMARTS) is 1. The largest absolute Gasteiger partial charge is 0.474 e. The fourth-order valence-electron chi connectivity index (χ4n) is 0.636. The van der Waals surface area contributed by atoms with Gasteiger partial charge in [-0.1, -0.05) is 5.16 Å². The van der Waals surface area contributed by atoms with Crippen molar-refractivity contribution in [3.63, 3.8) is 0 Å². The third-order valence-electron chi connectivity index (χ3n) is 1.18. The molecule has 6 nitrogen and oxygen atoms in total. The summed E-state index contributed by atoms with van der Waals surface area (Å²) in [5.41, 5.74) is 0. The van der Waals surface area contributed by atoms with Crippen molar-refractivity contribution in [2.45, 2.75) is 6.42 Å². The molecule has 0 fully saturated rings. The van der Waals surface area contributed by atoms with Crippen LogP contribution in [0.2, 0.25) is 0 Å². The molecule has 1 heterocycles. The minimum atomic E-state index is -1.22. The second-order valence-corrected chi connectivity index (χ2v) is 2.06. The highest BCUT2D eigenvalue weighted by atomic mass is 16.5. The van der Waals surface area contributed by atoms with E-state index in [1.54, 1.807) is 0 Å². The lowest BCUT2D eigenvalue weighted by Crippen LogP contribution is -1.99. The van der Waals surface area contributed by atoms with E-state index in [4.69, 9.17) is 9.84 Å². The Balaban J connectivity index is 2.58. The van der Waals surface area contributed by atoms with Crippen LogP contribution in [0, 0.1) is 0 Å². The molecular formula is C6H8N2O4. The van der Waals surface area contributed by atoms with Gasteiger partial charge in [-0.2, -0.15) is 4.98 Å². The zero-order valence-corrected chi connectivity index (χ0v) is 6.48. The summed E-state index contributed by atoms with van der Waals surface area (Å²) in [7, 11) is 1.54. The second kappa shape index (κ2) is 3.82. The number of nitrogens with zero attached hydrogens (tertiary/aromatic N) is 2. The Morgan fingerprint density at radius 2 is 2.50 bits per heavy atom. The topological polar surface area (TPSA) is 85.5 Å². The molecule has 0 spiro atoms. The molecule has 1 N–H and O–H groups in total. The number of methoxy groups -OCH3 is 1. The number of carboxylic acids is 1. The summed E-state index contributed by atoms with van der Waals surface area (Å²) in [6, 6.07) is 0. The van der Waals surface area contributed by atoms with Crippen LogP contribution in [0.5, 0.6) is 0 Å². The SMILES string of the molecule is COCCc1noc(C(=O)O)n1. The second-order valence-electron chi connectivity index (χ2n) is 2.06. The molecule has 0 aromatic carbocycles. The van der Waals surface area contributed by atoms with Crippen molar-refractivity contribution in [2.24, 2.45) is 0 Å². The molecule has 0 radical (unpaired) electrons. The van der Waals surface area contributed by atoms with Crippen LogP contribution in [0.25, 0.3) is 0 Å². The van der Waals surface area contributed by atoms with Gasteiger partial charge in [0.25, 0.3) is 0 Å². The van der Waals surface area contributed by atoms with E-state index in [1.165, 1.54) is 7.11 Å². The molecule has 0 atom stereocenters. The maximum atomic E-state index is 10.3. The van der Waals surface area contributed by atoms with E-state index >= 15 is 0 Å². The summed E-state index contributed by atoms with van der Waals surface area (Å²) in [6.07, 6.45) is 0.452. The zero-order chi connectivity index (χ0) is 8.97. The number of hydrogen-bond donors (Lipinski definition) is 1. The Bertz CT molecular complexity index is 270. The molecule has 0 aliphatic carbocycles. The summed E-state index contributed by atoms with van der Waals surface area (Å²) in [5, 5.41) is 11.8. The van der Waals surface area contributed by atoms with Gasteiger partial charge in [0, 0.05) is 13.5 Å². The standard InChI is InChI=1S/C6H8N2O4/c1-11-3-2-4-7-5(6(9)10)12-8-4/h2-3H2,1H3,(H,9,10). The van der Waals surface area contributed by atoms with Crippen molar-refractivity contribution in [3.8, 4) is 0 Å². The Morgan fingerprint density at radius 1 is 1.75 bits per heavy atom. The Morgan fingerprint density at radius 3 is 3.00 bits per heavy atom. The van der Waals surface area contributed by atoms with Crippen molar-refractivity contribution in [2.75, 3.05) is 13.7 Å². The van der Waals surface area contributed by atoms with Crippen molar-refractivity contribution in [1.29, 1.82) is 0 Å². The fourth-order valence-corrected chi connectivity index (χ4v) is 0.636. The van der Waals surface area contributed by atoms with Crippen LogP contribution in [0.4, 0.5) is 0 Å². The minimum Gasteiger partial charge on any atom is -0.474 e.